The van der Waals surface area contributed by atoms with Crippen molar-refractivity contribution < 1.29 is 4.74 Å². The first-order chi connectivity index (χ1) is 9.24. The summed E-state index contributed by atoms with van der Waals surface area (Å²) in [5, 5.41) is 3.42. The molecular weight excluding hydrogens is 236 g/mol. The van der Waals surface area contributed by atoms with Crippen LogP contribution in [0, 0.1) is 11.8 Å². The van der Waals surface area contributed by atoms with Crippen LogP contribution in [0.15, 0.2) is 18.3 Å². The van der Waals surface area contributed by atoms with E-state index in [9.17, 15) is 0 Å². The van der Waals surface area contributed by atoms with Crippen LogP contribution in [0.4, 0.5) is 0 Å². The zero-order chi connectivity index (χ0) is 13.5. The van der Waals surface area contributed by atoms with E-state index in [1.54, 1.807) is 0 Å². The highest BCUT2D eigenvalue weighted by Gasteiger charge is 2.15. The topological polar surface area (TPSA) is 34.1 Å². The first-order valence-electron chi connectivity index (χ1n) is 7.52. The fourth-order valence-corrected chi connectivity index (χ4v) is 2.49. The molecule has 3 nitrogen and oxygen atoms in total. The van der Waals surface area contributed by atoms with Gasteiger partial charge in [0.1, 0.15) is 0 Å². The molecule has 1 aliphatic carbocycles. The average molecular weight is 262 g/mol. The SMILES string of the molecule is CC(C)CNCc1ccc(OCC2CCCC2)nc1. The molecule has 1 saturated carbocycles. The third-order valence-corrected chi connectivity index (χ3v) is 3.62. The van der Waals surface area contributed by atoms with Gasteiger partial charge in [0, 0.05) is 18.8 Å². The summed E-state index contributed by atoms with van der Waals surface area (Å²) in [6, 6.07) is 4.09. The fraction of sp³-hybridized carbons (Fsp3) is 0.688. The van der Waals surface area contributed by atoms with Gasteiger partial charge in [-0.05, 0) is 36.8 Å². The van der Waals surface area contributed by atoms with Crippen molar-refractivity contribution in [2.75, 3.05) is 13.2 Å². The van der Waals surface area contributed by atoms with Crippen LogP contribution in [-0.2, 0) is 6.54 Å². The molecular formula is C16H26N2O. The lowest BCUT2D eigenvalue weighted by Gasteiger charge is -2.11. The molecule has 0 bridgehead atoms. The van der Waals surface area contributed by atoms with Crippen LogP contribution in [0.5, 0.6) is 5.88 Å². The molecule has 1 aromatic heterocycles. The number of hydrogen-bond donors (Lipinski definition) is 1. The van der Waals surface area contributed by atoms with Crippen molar-refractivity contribution >= 4 is 0 Å². The van der Waals surface area contributed by atoms with Crippen molar-refractivity contribution in [3.05, 3.63) is 23.9 Å². The summed E-state index contributed by atoms with van der Waals surface area (Å²) in [5.74, 6) is 2.19. The number of rotatable bonds is 7. The Morgan fingerprint density at radius 3 is 2.74 bits per heavy atom. The van der Waals surface area contributed by atoms with Crippen molar-refractivity contribution in [3.63, 3.8) is 0 Å². The molecule has 1 N–H and O–H groups in total. The Labute approximate surface area is 116 Å². The van der Waals surface area contributed by atoms with E-state index in [4.69, 9.17) is 4.74 Å². The van der Waals surface area contributed by atoms with Crippen LogP contribution in [0.1, 0.15) is 45.1 Å². The predicted molar refractivity (Wildman–Crippen MR) is 78.2 cm³/mol. The number of ether oxygens (including phenoxy) is 1. The summed E-state index contributed by atoms with van der Waals surface area (Å²) in [6.45, 7) is 7.18. The van der Waals surface area contributed by atoms with Gasteiger partial charge in [0.05, 0.1) is 6.61 Å². The second-order valence-corrected chi connectivity index (χ2v) is 5.99. The van der Waals surface area contributed by atoms with Crippen LogP contribution in [0.25, 0.3) is 0 Å². The molecule has 0 radical (unpaired) electrons. The number of hydrogen-bond acceptors (Lipinski definition) is 3. The first-order valence-corrected chi connectivity index (χ1v) is 7.52. The van der Waals surface area contributed by atoms with Crippen LogP contribution in [0.2, 0.25) is 0 Å². The van der Waals surface area contributed by atoms with Gasteiger partial charge < -0.3 is 10.1 Å². The van der Waals surface area contributed by atoms with E-state index in [1.807, 2.05) is 12.3 Å². The monoisotopic (exact) mass is 262 g/mol. The summed E-state index contributed by atoms with van der Waals surface area (Å²) in [7, 11) is 0. The lowest BCUT2D eigenvalue weighted by Crippen LogP contribution is -2.19. The quantitative estimate of drug-likeness (QED) is 0.818. The van der Waals surface area contributed by atoms with Gasteiger partial charge in [0.25, 0.3) is 0 Å². The molecule has 0 amide bonds. The smallest absolute Gasteiger partial charge is 0.213 e. The molecule has 1 fully saturated rings. The summed E-state index contributed by atoms with van der Waals surface area (Å²) in [5.41, 5.74) is 1.22. The predicted octanol–water partition coefficient (Wildman–Crippen LogP) is 3.40. The Hall–Kier alpha value is -1.09. The normalized spacial score (nSPS) is 16.2. The molecule has 0 unspecified atom stereocenters. The van der Waals surface area contributed by atoms with Gasteiger partial charge in [-0.3, -0.25) is 0 Å². The fourth-order valence-electron chi connectivity index (χ4n) is 2.49. The van der Waals surface area contributed by atoms with Crippen LogP contribution >= 0.6 is 0 Å². The minimum absolute atomic E-state index is 0.682. The highest BCUT2D eigenvalue weighted by Crippen LogP contribution is 2.25. The zero-order valence-electron chi connectivity index (χ0n) is 12.2. The average Bonchev–Trinajstić information content (AvgIpc) is 2.90. The Morgan fingerprint density at radius 1 is 1.32 bits per heavy atom. The van der Waals surface area contributed by atoms with Crippen LogP contribution in [0.3, 0.4) is 0 Å². The molecule has 1 aromatic rings. The lowest BCUT2D eigenvalue weighted by molar-refractivity contribution is 0.243. The Balaban J connectivity index is 1.71. The van der Waals surface area contributed by atoms with Gasteiger partial charge in [0.15, 0.2) is 0 Å². The van der Waals surface area contributed by atoms with E-state index < -0.39 is 0 Å². The first kappa shape index (κ1) is 14.3. The van der Waals surface area contributed by atoms with Crippen molar-refractivity contribution in [1.29, 1.82) is 0 Å². The molecule has 0 spiro atoms. The molecule has 0 aromatic carbocycles. The molecule has 2 rings (SSSR count). The van der Waals surface area contributed by atoms with Crippen molar-refractivity contribution in [2.45, 2.75) is 46.1 Å². The third-order valence-electron chi connectivity index (χ3n) is 3.62. The highest BCUT2D eigenvalue weighted by atomic mass is 16.5. The van der Waals surface area contributed by atoms with Crippen molar-refractivity contribution in [1.82, 2.24) is 10.3 Å². The Bertz CT molecular complexity index is 356. The van der Waals surface area contributed by atoms with Gasteiger partial charge in [-0.15, -0.1) is 0 Å². The number of nitrogens with zero attached hydrogens (tertiary/aromatic N) is 1. The second-order valence-electron chi connectivity index (χ2n) is 5.99. The standard InChI is InChI=1S/C16H26N2O/c1-13(2)9-17-10-15-7-8-16(18-11-15)19-12-14-5-3-4-6-14/h7-8,11,13-14,17H,3-6,9-10,12H2,1-2H3. The Morgan fingerprint density at radius 2 is 2.11 bits per heavy atom. The van der Waals surface area contributed by atoms with E-state index in [2.05, 4.69) is 30.2 Å². The summed E-state index contributed by atoms with van der Waals surface area (Å²) in [6.07, 6.45) is 7.27. The van der Waals surface area contributed by atoms with Gasteiger partial charge in [0.2, 0.25) is 5.88 Å². The van der Waals surface area contributed by atoms with Crippen molar-refractivity contribution in [3.8, 4) is 5.88 Å². The Kier molecular flexibility index (Phi) is 5.64. The summed E-state index contributed by atoms with van der Waals surface area (Å²) < 4.78 is 5.76. The van der Waals surface area contributed by atoms with Gasteiger partial charge in [-0.25, -0.2) is 4.98 Å². The minimum Gasteiger partial charge on any atom is -0.477 e. The molecule has 106 valence electrons. The zero-order valence-corrected chi connectivity index (χ0v) is 12.2. The molecule has 0 atom stereocenters. The highest BCUT2D eigenvalue weighted by molar-refractivity contribution is 5.17. The van der Waals surface area contributed by atoms with Gasteiger partial charge in [-0.1, -0.05) is 32.8 Å². The summed E-state index contributed by atoms with van der Waals surface area (Å²) >= 11 is 0. The van der Waals surface area contributed by atoms with Gasteiger partial charge in [-0.2, -0.15) is 0 Å². The van der Waals surface area contributed by atoms with Crippen molar-refractivity contribution in [2.24, 2.45) is 11.8 Å². The van der Waals surface area contributed by atoms with Gasteiger partial charge >= 0.3 is 0 Å². The van der Waals surface area contributed by atoms with E-state index in [1.165, 1.54) is 31.2 Å². The minimum atomic E-state index is 0.682. The molecule has 0 saturated heterocycles. The molecule has 19 heavy (non-hydrogen) atoms. The lowest BCUT2D eigenvalue weighted by atomic mass is 10.1. The van der Waals surface area contributed by atoms with E-state index in [0.717, 1.165) is 31.5 Å². The summed E-state index contributed by atoms with van der Waals surface area (Å²) in [4.78, 5) is 4.38. The maximum atomic E-state index is 5.76. The van der Waals surface area contributed by atoms with E-state index in [-0.39, 0.29) is 0 Å². The van der Waals surface area contributed by atoms with E-state index in [0.29, 0.717) is 5.92 Å². The molecule has 1 aliphatic rings. The molecule has 3 heteroatoms. The maximum Gasteiger partial charge on any atom is 0.213 e. The van der Waals surface area contributed by atoms with Crippen LogP contribution in [-0.4, -0.2) is 18.1 Å². The van der Waals surface area contributed by atoms with E-state index >= 15 is 0 Å². The third kappa shape index (κ3) is 5.19. The molecule has 0 aliphatic heterocycles. The number of nitrogens with one attached hydrogen (secondary N) is 1. The largest absolute Gasteiger partial charge is 0.477 e. The number of pyridine rings is 1. The van der Waals surface area contributed by atoms with Crippen LogP contribution < -0.4 is 10.1 Å². The molecule has 1 heterocycles. The maximum absolute atomic E-state index is 5.76. The second kappa shape index (κ2) is 7.49. The number of aromatic nitrogens is 1.